The zero-order valence-electron chi connectivity index (χ0n) is 5.50. The van der Waals surface area contributed by atoms with E-state index in [1.165, 1.54) is 5.56 Å². The van der Waals surface area contributed by atoms with Crippen LogP contribution in [0.2, 0.25) is 5.02 Å². The third-order valence-electron chi connectivity index (χ3n) is 1.01. The Hall–Kier alpha value is 0.0900. The zero-order chi connectivity index (χ0) is 5.98. The van der Waals surface area contributed by atoms with Gasteiger partial charge in [-0.15, -0.1) is 24.8 Å². The monoisotopic (exact) mass is 198 g/mol. The maximum atomic E-state index is 5.61. The van der Waals surface area contributed by atoms with Crippen molar-refractivity contribution in [2.75, 3.05) is 0 Å². The fourth-order valence-electron chi connectivity index (χ4n) is 0.533. The Morgan fingerprint density at radius 2 is 1.40 bits per heavy atom. The molecule has 0 atom stereocenters. The molecule has 0 N–H and O–H groups in total. The van der Waals surface area contributed by atoms with E-state index in [-0.39, 0.29) is 24.8 Å². The first-order chi connectivity index (χ1) is 3.79. The average Bonchev–Trinajstić information content (AvgIpc) is 1.77. The molecule has 0 aliphatic carbocycles. The van der Waals surface area contributed by atoms with Gasteiger partial charge in [0.2, 0.25) is 0 Å². The van der Waals surface area contributed by atoms with Crippen LogP contribution in [0.25, 0.3) is 0 Å². The van der Waals surface area contributed by atoms with Crippen LogP contribution in [-0.4, -0.2) is 0 Å². The number of hydrogen-bond acceptors (Lipinski definition) is 0. The minimum atomic E-state index is 0. The van der Waals surface area contributed by atoms with Crippen molar-refractivity contribution in [1.82, 2.24) is 0 Å². The summed E-state index contributed by atoms with van der Waals surface area (Å²) in [5.74, 6) is 0. The third kappa shape index (κ3) is 3.99. The first kappa shape index (κ1) is 12.7. The molecule has 0 aromatic heterocycles. The van der Waals surface area contributed by atoms with Gasteiger partial charge in [0.15, 0.2) is 0 Å². The van der Waals surface area contributed by atoms with Crippen molar-refractivity contribution in [3.8, 4) is 0 Å². The molecule has 0 unspecified atom stereocenters. The van der Waals surface area contributed by atoms with E-state index in [4.69, 9.17) is 11.6 Å². The lowest BCUT2D eigenvalue weighted by Gasteiger charge is -1.88. The Labute approximate surface area is 78.4 Å². The van der Waals surface area contributed by atoms with Crippen molar-refractivity contribution >= 4 is 36.4 Å². The fourth-order valence-corrected chi connectivity index (χ4v) is 0.659. The van der Waals surface area contributed by atoms with Crippen LogP contribution in [0.15, 0.2) is 24.3 Å². The van der Waals surface area contributed by atoms with E-state index in [2.05, 4.69) is 0 Å². The summed E-state index contributed by atoms with van der Waals surface area (Å²) in [6.45, 7) is 2.04. The molecule has 0 heterocycles. The molecule has 0 radical (unpaired) electrons. The number of benzene rings is 1. The van der Waals surface area contributed by atoms with Gasteiger partial charge in [0.05, 0.1) is 0 Å². The van der Waals surface area contributed by atoms with E-state index in [1.54, 1.807) is 0 Å². The van der Waals surface area contributed by atoms with Crippen LogP contribution in [0.3, 0.4) is 0 Å². The molecule has 0 nitrogen and oxygen atoms in total. The smallest absolute Gasteiger partial charge is 0.0406 e. The lowest BCUT2D eigenvalue weighted by atomic mass is 10.2. The molecule has 0 spiro atoms. The highest BCUT2D eigenvalue weighted by Gasteiger charge is 1.81. The van der Waals surface area contributed by atoms with Crippen molar-refractivity contribution < 1.29 is 0 Å². The second-order valence-electron chi connectivity index (χ2n) is 1.80. The number of aryl methyl sites for hydroxylation is 1. The van der Waals surface area contributed by atoms with E-state index in [1.807, 2.05) is 31.2 Å². The van der Waals surface area contributed by atoms with Gasteiger partial charge < -0.3 is 0 Å². The summed E-state index contributed by atoms with van der Waals surface area (Å²) in [4.78, 5) is 0. The summed E-state index contributed by atoms with van der Waals surface area (Å²) in [5.41, 5.74) is 1.24. The summed E-state index contributed by atoms with van der Waals surface area (Å²) >= 11 is 5.61. The maximum Gasteiger partial charge on any atom is 0.0406 e. The van der Waals surface area contributed by atoms with Crippen molar-refractivity contribution in [1.29, 1.82) is 0 Å². The van der Waals surface area contributed by atoms with E-state index in [0.29, 0.717) is 0 Å². The summed E-state index contributed by atoms with van der Waals surface area (Å²) < 4.78 is 0. The molecule has 0 bridgehead atoms. The Balaban J connectivity index is 0. The van der Waals surface area contributed by atoms with Crippen molar-refractivity contribution in [2.24, 2.45) is 0 Å². The molecule has 1 aromatic rings. The van der Waals surface area contributed by atoms with Crippen molar-refractivity contribution in [3.63, 3.8) is 0 Å². The molecule has 1 aromatic carbocycles. The molecule has 0 aliphatic rings. The summed E-state index contributed by atoms with van der Waals surface area (Å²) in [6.07, 6.45) is 0. The van der Waals surface area contributed by atoms with Gasteiger partial charge in [-0.25, -0.2) is 0 Å². The molecule has 0 saturated carbocycles. The Kier molecular flexibility index (Phi) is 7.44. The highest BCUT2D eigenvalue weighted by molar-refractivity contribution is 6.30. The maximum absolute atomic E-state index is 5.61. The second kappa shape index (κ2) is 5.84. The van der Waals surface area contributed by atoms with Crippen LogP contribution in [0.1, 0.15) is 5.56 Å². The summed E-state index contributed by atoms with van der Waals surface area (Å²) in [7, 11) is 0. The molecule has 0 amide bonds. The van der Waals surface area contributed by atoms with Gasteiger partial charge in [0, 0.05) is 5.02 Å². The Bertz CT molecular complexity index is 148. The first-order valence-electron chi connectivity index (χ1n) is 2.51. The van der Waals surface area contributed by atoms with Gasteiger partial charge in [0.25, 0.3) is 0 Å². The molecule has 3 heteroatoms. The minimum Gasteiger partial charge on any atom is -0.147 e. The Morgan fingerprint density at radius 3 is 1.70 bits per heavy atom. The predicted molar refractivity (Wildman–Crippen MR) is 50.7 cm³/mol. The second-order valence-corrected chi connectivity index (χ2v) is 2.23. The third-order valence-corrected chi connectivity index (χ3v) is 1.26. The summed E-state index contributed by atoms with van der Waals surface area (Å²) in [5, 5.41) is 0.801. The van der Waals surface area contributed by atoms with Crippen LogP contribution in [0.4, 0.5) is 0 Å². The van der Waals surface area contributed by atoms with Gasteiger partial charge in [-0.2, -0.15) is 0 Å². The number of halogens is 3. The van der Waals surface area contributed by atoms with Gasteiger partial charge in [0.1, 0.15) is 0 Å². The molecular weight excluding hydrogens is 190 g/mol. The standard InChI is InChI=1S/C7H7Cl.2ClH/c1-6-2-4-7(8)5-3-6;;/h2-5H,1H3;2*1H. The predicted octanol–water partition coefficient (Wildman–Crippen LogP) is 3.49. The van der Waals surface area contributed by atoms with E-state index in [9.17, 15) is 0 Å². The molecule has 58 valence electrons. The van der Waals surface area contributed by atoms with Gasteiger partial charge in [-0.05, 0) is 19.1 Å². The Morgan fingerprint density at radius 1 is 1.00 bits per heavy atom. The van der Waals surface area contributed by atoms with Crippen LogP contribution < -0.4 is 0 Å². The molecule has 1 rings (SSSR count). The number of rotatable bonds is 0. The SMILES string of the molecule is Cc1ccc(Cl)cc1.Cl.Cl. The average molecular weight is 200 g/mol. The van der Waals surface area contributed by atoms with E-state index in [0.717, 1.165) is 5.02 Å². The normalized spacial score (nSPS) is 7.40. The minimum absolute atomic E-state index is 0. The molecule has 10 heavy (non-hydrogen) atoms. The molecule has 0 aliphatic heterocycles. The molecule has 0 fully saturated rings. The highest BCUT2D eigenvalue weighted by atomic mass is 35.5. The van der Waals surface area contributed by atoms with Gasteiger partial charge >= 0.3 is 0 Å². The van der Waals surface area contributed by atoms with Gasteiger partial charge in [-0.3, -0.25) is 0 Å². The van der Waals surface area contributed by atoms with Gasteiger partial charge in [-0.1, -0.05) is 29.3 Å². The summed E-state index contributed by atoms with van der Waals surface area (Å²) in [6, 6.07) is 7.75. The van der Waals surface area contributed by atoms with E-state index < -0.39 is 0 Å². The lowest BCUT2D eigenvalue weighted by Crippen LogP contribution is -1.66. The topological polar surface area (TPSA) is 0 Å². The van der Waals surface area contributed by atoms with Crippen LogP contribution in [0.5, 0.6) is 0 Å². The van der Waals surface area contributed by atoms with Crippen molar-refractivity contribution in [2.45, 2.75) is 6.92 Å². The lowest BCUT2D eigenvalue weighted by molar-refractivity contribution is 1.48. The van der Waals surface area contributed by atoms with Crippen molar-refractivity contribution in [3.05, 3.63) is 34.9 Å². The highest BCUT2D eigenvalue weighted by Crippen LogP contribution is 2.07. The first-order valence-corrected chi connectivity index (χ1v) is 2.89. The molecular formula is C7H9Cl3. The van der Waals surface area contributed by atoms with Crippen LogP contribution >= 0.6 is 36.4 Å². The zero-order valence-corrected chi connectivity index (χ0v) is 7.89. The quantitative estimate of drug-likeness (QED) is 0.600. The van der Waals surface area contributed by atoms with Crippen LogP contribution in [-0.2, 0) is 0 Å². The van der Waals surface area contributed by atoms with E-state index >= 15 is 0 Å². The largest absolute Gasteiger partial charge is 0.147 e. The molecule has 0 saturated heterocycles. The number of hydrogen-bond donors (Lipinski definition) is 0. The fraction of sp³-hybridized carbons (Fsp3) is 0.143. The van der Waals surface area contributed by atoms with Crippen LogP contribution in [0, 0.1) is 6.92 Å².